The zero-order chi connectivity index (χ0) is 77.2. The Labute approximate surface area is 583 Å². The normalized spacial score (nSPS) is 28.4. The van der Waals surface area contributed by atoms with E-state index in [2.05, 4.69) is 85.0 Å². The van der Waals surface area contributed by atoms with Crippen molar-refractivity contribution in [3.05, 3.63) is 186 Å². The second kappa shape index (κ2) is 36.5. The van der Waals surface area contributed by atoms with E-state index in [9.17, 15) is 77.4 Å². The van der Waals surface area contributed by atoms with Crippen LogP contribution in [0, 0.1) is 31.6 Å². The molecule has 0 radical (unpaired) electrons. The number of fused-ring (bicyclic) bond motifs is 1. The number of H-pyrrole nitrogens is 3. The molecule has 18 atom stereocenters. The standard InChI is InChI=1S/C11H13F2N5O3.C11H14FN5O4.C11H14N8O3.C11H15N5O5.C11H15N5O4/c12-8(13)5-4(1-19)21-11(7(5)20)18-3-17-6-9(14)15-2-16-10(6)18;1-6-3-17(10(20)14-9(6)19)8-2-11(5-12,15-16-13)7(4-18)21-8;1-2-6-7(5-20)22-10(9(6)16-18-13)19-4-3-8(15-17-12)14-11(19)21;1-6-3-16(10(20)13-9(6)19)8-2-11(5-18,14-15-12)7(4-17)21-8;1-2-6-7(5-17)20-10(9(6)14-15-12)16-4-3-8(18)13-11(16)19/h2-5,7-8,11,19-20H,1H2,(H2,14,15,16);3,7-8,18H,2,4-5H2,1H3,(H,14,19,20);3-4,6-7,9-10,20H,2,5H2,1H3;3,7-8,17-18H,2,4-5H2,1H3,(H,13,19,20);3-4,6-7,9-10,17H,2,5H2,1H3,(H,13,18,19)/t4-,5-,7-,11-;7-,8-,11+;6-,7-,9-,10-;7-,8-,11+;6-,7-,9-,10-/m11111/s1. The van der Waals surface area contributed by atoms with Gasteiger partial charge in [-0.05, 0) is 64.5 Å². The number of alkyl halides is 3. The number of aliphatic hydroxyl groups excluding tert-OH is 7. The monoisotopic (exact) mass is 1480 g/mol. The summed E-state index contributed by atoms with van der Waals surface area (Å²) in [6, 6.07) is 1.28. The van der Waals surface area contributed by atoms with Crippen molar-refractivity contribution in [2.75, 3.05) is 52.0 Å². The van der Waals surface area contributed by atoms with Gasteiger partial charge in [-0.25, -0.2) is 42.9 Å². The van der Waals surface area contributed by atoms with Crippen molar-refractivity contribution in [2.45, 2.75) is 151 Å². The topological polar surface area (TPSA) is 701 Å². The predicted molar refractivity (Wildman–Crippen MR) is 350 cm³/mol. The van der Waals surface area contributed by atoms with E-state index in [-0.39, 0.29) is 66.3 Å². The lowest BCUT2D eigenvalue weighted by molar-refractivity contribution is -0.0525. The van der Waals surface area contributed by atoms with E-state index < -0.39 is 176 Å². The molecule has 0 amide bonds. The van der Waals surface area contributed by atoms with Gasteiger partial charge in [0.25, 0.3) is 16.7 Å². The van der Waals surface area contributed by atoms with E-state index in [0.717, 1.165) is 13.7 Å². The van der Waals surface area contributed by atoms with Crippen LogP contribution in [-0.4, -0.2) is 206 Å². The van der Waals surface area contributed by atoms with Gasteiger partial charge in [0, 0.05) is 79.4 Å². The van der Waals surface area contributed by atoms with Crippen LogP contribution in [-0.2, 0) is 23.7 Å². The van der Waals surface area contributed by atoms with Gasteiger partial charge in [0.05, 0.1) is 94.5 Å². The van der Waals surface area contributed by atoms with Gasteiger partial charge in [0.2, 0.25) is 6.43 Å². The fraction of sp³-hybridized carbons (Fsp3) is 0.618. The van der Waals surface area contributed by atoms with Crippen LogP contribution >= 0.6 is 0 Å². The lowest BCUT2D eigenvalue weighted by atomic mass is 9.93. The molecule has 0 aromatic carbocycles. The van der Waals surface area contributed by atoms with Crippen molar-refractivity contribution in [2.24, 2.45) is 43.3 Å². The van der Waals surface area contributed by atoms with Crippen LogP contribution in [0.4, 0.5) is 24.8 Å². The molecule has 5 aliphatic heterocycles. The third-order valence-corrected chi connectivity index (χ3v) is 17.8. The van der Waals surface area contributed by atoms with Crippen LogP contribution in [0.3, 0.4) is 0 Å². The molecule has 5 aliphatic rings. The summed E-state index contributed by atoms with van der Waals surface area (Å²) in [5.74, 6) is -1.82. The molecule has 0 saturated carbocycles. The number of nitrogen functional groups attached to an aromatic ring is 1. The molecule has 105 heavy (non-hydrogen) atoms. The number of nitrogens with one attached hydrogen (secondary N) is 3. The fourth-order valence-electron chi connectivity index (χ4n) is 12.4. The molecule has 0 bridgehead atoms. The molecule has 0 unspecified atom stereocenters. The number of ether oxygens (including phenoxy) is 5. The number of aliphatic hydroxyl groups is 7. The molecule has 5 fully saturated rings. The highest BCUT2D eigenvalue weighted by Crippen LogP contribution is 2.43. The Morgan fingerprint density at radius 2 is 1.12 bits per heavy atom. The molecule has 47 nitrogen and oxygen atoms in total. The zero-order valence-corrected chi connectivity index (χ0v) is 55.7. The quantitative estimate of drug-likeness (QED) is 0.0285. The van der Waals surface area contributed by atoms with Crippen LogP contribution in [0.2, 0.25) is 0 Å². The summed E-state index contributed by atoms with van der Waals surface area (Å²) in [5, 5.41) is 83.6. The van der Waals surface area contributed by atoms with E-state index in [1.807, 2.05) is 13.8 Å². The number of anilines is 1. The van der Waals surface area contributed by atoms with E-state index in [4.69, 9.17) is 62.2 Å². The average Bonchev–Trinajstić information content (AvgIpc) is 1.64. The van der Waals surface area contributed by atoms with Crippen molar-refractivity contribution >= 4 is 22.8 Å². The summed E-state index contributed by atoms with van der Waals surface area (Å²) < 4.78 is 72.7. The number of azide groups is 5. The molecule has 11 rings (SSSR count). The summed E-state index contributed by atoms with van der Waals surface area (Å²) in [7, 11) is 0. The lowest BCUT2D eigenvalue weighted by Gasteiger charge is -2.24. The Morgan fingerprint density at radius 1 is 0.629 bits per heavy atom. The van der Waals surface area contributed by atoms with Gasteiger partial charge in [-0.3, -0.25) is 56.6 Å². The lowest BCUT2D eigenvalue weighted by Crippen LogP contribution is -2.41. The van der Waals surface area contributed by atoms with Gasteiger partial charge < -0.3 is 65.2 Å². The Bertz CT molecular complexity index is 4600. The number of hydrogen-bond donors (Lipinski definition) is 11. The Morgan fingerprint density at radius 3 is 1.57 bits per heavy atom. The molecule has 566 valence electrons. The molecule has 6 aromatic heterocycles. The molecule has 12 N–H and O–H groups in total. The largest absolute Gasteiger partial charge is 0.396 e. The second-order valence-corrected chi connectivity index (χ2v) is 23.7. The fourth-order valence-corrected chi connectivity index (χ4v) is 12.4. The predicted octanol–water partition coefficient (Wildman–Crippen LogP) is 0.761. The summed E-state index contributed by atoms with van der Waals surface area (Å²) in [6.07, 6.45) is -4.31. The smallest absolute Gasteiger partial charge is 0.350 e. The van der Waals surface area contributed by atoms with Gasteiger partial charge >= 0.3 is 22.8 Å². The number of rotatable bonds is 20. The first-order chi connectivity index (χ1) is 50.3. The maximum Gasteiger partial charge on any atom is 0.350 e. The molecule has 0 aliphatic carbocycles. The highest BCUT2D eigenvalue weighted by molar-refractivity contribution is 5.81. The summed E-state index contributed by atoms with van der Waals surface area (Å²) in [4.78, 5) is 116. The van der Waals surface area contributed by atoms with E-state index in [1.165, 1.54) is 72.6 Å². The zero-order valence-electron chi connectivity index (χ0n) is 55.7. The Balaban J connectivity index is 0.000000183. The summed E-state index contributed by atoms with van der Waals surface area (Å²) >= 11 is 0. The van der Waals surface area contributed by atoms with Crippen molar-refractivity contribution < 1.29 is 72.6 Å². The van der Waals surface area contributed by atoms with Crippen molar-refractivity contribution in [3.8, 4) is 0 Å². The number of aromatic nitrogens is 12. The van der Waals surface area contributed by atoms with E-state index in [1.54, 1.807) is 0 Å². The molecule has 0 spiro atoms. The van der Waals surface area contributed by atoms with Crippen molar-refractivity contribution in [1.29, 1.82) is 0 Å². The first-order valence-electron chi connectivity index (χ1n) is 31.4. The number of aryl methyl sites for hydroxylation is 2. The number of nitrogens with two attached hydrogens (primary N) is 1. The maximum absolute atomic E-state index is 13.3. The summed E-state index contributed by atoms with van der Waals surface area (Å²) in [6.45, 7) is 3.10. The van der Waals surface area contributed by atoms with Gasteiger partial charge in [-0.15, -0.1) is 0 Å². The third-order valence-electron chi connectivity index (χ3n) is 17.8. The number of halogens is 3. The Kier molecular flexibility index (Phi) is 28.3. The number of imidazole rings is 1. The number of aromatic amines is 3. The van der Waals surface area contributed by atoms with Gasteiger partial charge in [0.15, 0.2) is 17.7 Å². The van der Waals surface area contributed by atoms with Gasteiger partial charge in [-0.2, -0.15) is 4.98 Å². The maximum atomic E-state index is 13.3. The van der Waals surface area contributed by atoms with Gasteiger partial charge in [0.1, 0.15) is 66.4 Å². The van der Waals surface area contributed by atoms with Crippen LogP contribution in [0.15, 0.2) is 109 Å². The SMILES string of the molecule is CC[C@H]1[C@@H](N=[N+]=[N-])[C@H](n2ccc(=O)[nH]c2=O)O[C@@H]1CO.CC[C@H]1[C@@H](N=[N+]=[N-])[C@H](n2ccc(N=[N+]=[N-])nc2=O)O[C@@H]1CO.Cc1cn([C@H]2C[C@@](CF)(N=[N+]=[N-])[C@@H](CO)O2)c(=O)[nH]c1=O.Cc1cn([C@H]2C[C@@](CO)(N=[N+]=[N-])[C@@H](CO)O2)c(=O)[nH]c1=O.Nc1ncnc2c1ncn2[C@@H]1O[C@H](CO)[C@@H](C(F)F)[C@H]1O. The van der Waals surface area contributed by atoms with E-state index in [0.29, 0.717) is 18.4 Å². The number of nitrogens with zero attached hydrogens (tertiary/aromatic N) is 24. The highest BCUT2D eigenvalue weighted by Gasteiger charge is 2.52. The van der Waals surface area contributed by atoms with Crippen molar-refractivity contribution in [3.63, 3.8) is 0 Å². The van der Waals surface area contributed by atoms with E-state index >= 15 is 0 Å². The van der Waals surface area contributed by atoms with Gasteiger partial charge in [-0.1, -0.05) is 47.1 Å². The van der Waals surface area contributed by atoms with Crippen LogP contribution in [0.25, 0.3) is 63.4 Å². The van der Waals surface area contributed by atoms with Crippen LogP contribution in [0.5, 0.6) is 0 Å². The highest BCUT2D eigenvalue weighted by atomic mass is 19.3. The Hall–Kier alpha value is -10.9. The molecule has 50 heteroatoms. The minimum atomic E-state index is -2.82. The molecule has 11 heterocycles. The molecule has 5 saturated heterocycles. The minimum absolute atomic E-state index is 0.00414. The first-order valence-corrected chi connectivity index (χ1v) is 31.4. The third kappa shape index (κ3) is 17.7. The first kappa shape index (κ1) is 81.4. The molecular formula is C55H71F3N28O19. The van der Waals surface area contributed by atoms with Crippen molar-refractivity contribution in [1.82, 2.24) is 57.7 Å². The molecule has 6 aromatic rings. The minimum Gasteiger partial charge on any atom is -0.396 e. The number of hydrogen-bond acceptors (Lipinski definition) is 29. The molecular weight excluding hydrogens is 1410 g/mol. The van der Waals surface area contributed by atoms with Crippen LogP contribution in [0.1, 0.15) is 81.8 Å². The second-order valence-electron chi connectivity index (χ2n) is 23.7. The van der Waals surface area contributed by atoms with Crippen LogP contribution < -0.4 is 45.2 Å². The summed E-state index contributed by atoms with van der Waals surface area (Å²) in [5.41, 5.74) is 42.5. The average molecular weight is 1490 g/mol.